The molecule has 1 aliphatic rings. The van der Waals surface area contributed by atoms with Gasteiger partial charge in [-0.3, -0.25) is 4.79 Å². The molecule has 2 heterocycles. The number of carbonyl (C=O) groups is 1. The van der Waals surface area contributed by atoms with E-state index in [0.29, 0.717) is 26.2 Å². The van der Waals surface area contributed by atoms with Crippen LogP contribution in [0.1, 0.15) is 10.4 Å². The largest absolute Gasteiger partial charge is 0.352 e. The fourth-order valence-corrected chi connectivity index (χ4v) is 2.65. The van der Waals surface area contributed by atoms with Gasteiger partial charge in [-0.15, -0.1) is 5.10 Å². The van der Waals surface area contributed by atoms with E-state index in [4.69, 9.17) is 11.6 Å². The van der Waals surface area contributed by atoms with Gasteiger partial charge < -0.3 is 9.80 Å². The van der Waals surface area contributed by atoms with E-state index in [1.165, 1.54) is 12.1 Å². The molecule has 2 aromatic rings. The summed E-state index contributed by atoms with van der Waals surface area (Å²) in [6, 6.07) is 7.98. The Labute approximate surface area is 132 Å². The number of amides is 1. The molecule has 0 atom stereocenters. The second kappa shape index (κ2) is 6.27. The number of aromatic nitrogens is 2. The predicted octanol–water partition coefficient (Wildman–Crippen LogP) is 2.23. The van der Waals surface area contributed by atoms with Gasteiger partial charge in [0.15, 0.2) is 5.82 Å². The summed E-state index contributed by atoms with van der Waals surface area (Å²) >= 11 is 5.88. The predicted molar refractivity (Wildman–Crippen MR) is 81.6 cm³/mol. The summed E-state index contributed by atoms with van der Waals surface area (Å²) in [4.78, 5) is 16.2. The van der Waals surface area contributed by atoms with Crippen molar-refractivity contribution in [2.45, 2.75) is 0 Å². The van der Waals surface area contributed by atoms with Gasteiger partial charge in [0, 0.05) is 32.4 Å². The van der Waals surface area contributed by atoms with E-state index in [1.54, 1.807) is 17.2 Å². The topological polar surface area (TPSA) is 49.3 Å². The van der Waals surface area contributed by atoms with Crippen molar-refractivity contribution in [3.05, 3.63) is 52.9 Å². The Bertz CT molecular complexity index is 674. The standard InChI is InChI=1S/C15H14ClFN4O/c16-14-11(3-1-4-12(14)17)15(22)21-9-7-20(8-10-21)13-5-2-6-18-19-13/h1-6H,7-10H2. The normalized spacial score (nSPS) is 15.0. The van der Waals surface area contributed by atoms with E-state index in [0.717, 1.165) is 5.82 Å². The molecule has 22 heavy (non-hydrogen) atoms. The number of halogens is 2. The first-order valence-corrected chi connectivity index (χ1v) is 7.30. The van der Waals surface area contributed by atoms with Crippen molar-refractivity contribution in [2.75, 3.05) is 31.1 Å². The van der Waals surface area contributed by atoms with Gasteiger partial charge in [0.2, 0.25) is 0 Å². The minimum atomic E-state index is -0.578. The first kappa shape index (κ1) is 14.7. The van der Waals surface area contributed by atoms with E-state index in [9.17, 15) is 9.18 Å². The molecule has 1 fully saturated rings. The maximum atomic E-state index is 13.5. The highest BCUT2D eigenvalue weighted by Gasteiger charge is 2.25. The maximum Gasteiger partial charge on any atom is 0.255 e. The summed E-state index contributed by atoms with van der Waals surface area (Å²) in [7, 11) is 0. The third kappa shape index (κ3) is 2.87. The molecule has 0 saturated carbocycles. The van der Waals surface area contributed by atoms with Crippen LogP contribution in [-0.4, -0.2) is 47.2 Å². The molecular weight excluding hydrogens is 307 g/mol. The number of benzene rings is 1. The van der Waals surface area contributed by atoms with E-state index < -0.39 is 5.82 Å². The van der Waals surface area contributed by atoms with Crippen LogP contribution in [0.4, 0.5) is 10.2 Å². The smallest absolute Gasteiger partial charge is 0.255 e. The van der Waals surface area contributed by atoms with Crippen molar-refractivity contribution in [3.63, 3.8) is 0 Å². The number of nitrogens with zero attached hydrogens (tertiary/aromatic N) is 4. The quantitative estimate of drug-likeness (QED) is 0.851. The lowest BCUT2D eigenvalue weighted by molar-refractivity contribution is 0.0746. The molecule has 0 bridgehead atoms. The van der Waals surface area contributed by atoms with Crippen LogP contribution < -0.4 is 4.90 Å². The van der Waals surface area contributed by atoms with Crippen molar-refractivity contribution in [1.82, 2.24) is 15.1 Å². The highest BCUT2D eigenvalue weighted by atomic mass is 35.5. The molecule has 0 unspecified atom stereocenters. The van der Waals surface area contributed by atoms with Gasteiger partial charge >= 0.3 is 0 Å². The van der Waals surface area contributed by atoms with Gasteiger partial charge in [0.1, 0.15) is 5.82 Å². The van der Waals surface area contributed by atoms with Crippen LogP contribution >= 0.6 is 11.6 Å². The van der Waals surface area contributed by atoms with Crippen LogP contribution in [0.2, 0.25) is 5.02 Å². The number of hydrogen-bond acceptors (Lipinski definition) is 4. The highest BCUT2D eigenvalue weighted by molar-refractivity contribution is 6.34. The second-order valence-electron chi connectivity index (χ2n) is 4.96. The van der Waals surface area contributed by atoms with E-state index in [-0.39, 0.29) is 16.5 Å². The molecule has 114 valence electrons. The van der Waals surface area contributed by atoms with Crippen molar-refractivity contribution in [2.24, 2.45) is 0 Å². The van der Waals surface area contributed by atoms with Crippen LogP contribution in [0.15, 0.2) is 36.5 Å². The minimum Gasteiger partial charge on any atom is -0.352 e. The lowest BCUT2D eigenvalue weighted by atomic mass is 10.1. The number of anilines is 1. The third-order valence-corrected chi connectivity index (χ3v) is 4.02. The van der Waals surface area contributed by atoms with Gasteiger partial charge in [0.05, 0.1) is 10.6 Å². The molecule has 5 nitrogen and oxygen atoms in total. The Morgan fingerprint density at radius 3 is 2.59 bits per heavy atom. The maximum absolute atomic E-state index is 13.5. The van der Waals surface area contributed by atoms with Crippen molar-refractivity contribution in [3.8, 4) is 0 Å². The molecule has 3 rings (SSSR count). The van der Waals surface area contributed by atoms with Gasteiger partial charge in [-0.2, -0.15) is 5.10 Å². The Morgan fingerprint density at radius 1 is 1.14 bits per heavy atom. The van der Waals surface area contributed by atoms with Crippen molar-refractivity contribution < 1.29 is 9.18 Å². The van der Waals surface area contributed by atoms with Crippen molar-refractivity contribution in [1.29, 1.82) is 0 Å². The fourth-order valence-electron chi connectivity index (χ4n) is 2.44. The summed E-state index contributed by atoms with van der Waals surface area (Å²) in [5.74, 6) is -0.0348. The Kier molecular flexibility index (Phi) is 4.20. The zero-order valence-electron chi connectivity index (χ0n) is 11.7. The van der Waals surface area contributed by atoms with Crippen molar-refractivity contribution >= 4 is 23.3 Å². The van der Waals surface area contributed by atoms with E-state index >= 15 is 0 Å². The second-order valence-corrected chi connectivity index (χ2v) is 5.34. The number of carbonyl (C=O) groups excluding carboxylic acids is 1. The average Bonchev–Trinajstić information content (AvgIpc) is 2.58. The minimum absolute atomic E-state index is 0.121. The van der Waals surface area contributed by atoms with Crippen LogP contribution in [0.5, 0.6) is 0 Å². The van der Waals surface area contributed by atoms with Crippen LogP contribution in [-0.2, 0) is 0 Å². The molecular formula is C15H14ClFN4O. The summed E-state index contributed by atoms with van der Waals surface area (Å²) in [5, 5.41) is 7.79. The summed E-state index contributed by atoms with van der Waals surface area (Å²) in [6.07, 6.45) is 1.62. The fraction of sp³-hybridized carbons (Fsp3) is 0.267. The lowest BCUT2D eigenvalue weighted by Gasteiger charge is -2.35. The molecule has 7 heteroatoms. The Hall–Kier alpha value is -2.21. The van der Waals surface area contributed by atoms with Gasteiger partial charge in [-0.05, 0) is 24.3 Å². The first-order valence-electron chi connectivity index (χ1n) is 6.93. The molecule has 0 spiro atoms. The molecule has 1 saturated heterocycles. The molecule has 1 aromatic heterocycles. The molecule has 0 aliphatic carbocycles. The van der Waals surface area contributed by atoms with Gasteiger partial charge in [-0.25, -0.2) is 4.39 Å². The van der Waals surface area contributed by atoms with Crippen LogP contribution in [0, 0.1) is 5.82 Å². The van der Waals surface area contributed by atoms with E-state index in [1.807, 2.05) is 12.1 Å². The average molecular weight is 321 g/mol. The van der Waals surface area contributed by atoms with E-state index in [2.05, 4.69) is 15.1 Å². The zero-order chi connectivity index (χ0) is 15.5. The number of rotatable bonds is 2. The molecule has 1 amide bonds. The monoisotopic (exact) mass is 320 g/mol. The lowest BCUT2D eigenvalue weighted by Crippen LogP contribution is -2.49. The van der Waals surface area contributed by atoms with Gasteiger partial charge in [-0.1, -0.05) is 17.7 Å². The van der Waals surface area contributed by atoms with Crippen LogP contribution in [0.25, 0.3) is 0 Å². The number of piperazine rings is 1. The number of hydrogen-bond donors (Lipinski definition) is 0. The Morgan fingerprint density at radius 2 is 1.91 bits per heavy atom. The SMILES string of the molecule is O=C(c1cccc(F)c1Cl)N1CCN(c2cccnn2)CC1. The summed E-state index contributed by atoms with van der Waals surface area (Å²) in [6.45, 7) is 2.36. The summed E-state index contributed by atoms with van der Waals surface area (Å²) < 4.78 is 13.5. The van der Waals surface area contributed by atoms with Gasteiger partial charge in [0.25, 0.3) is 5.91 Å². The molecule has 0 N–H and O–H groups in total. The third-order valence-electron chi connectivity index (χ3n) is 3.63. The molecule has 1 aliphatic heterocycles. The Balaban J connectivity index is 1.69. The van der Waals surface area contributed by atoms with Crippen LogP contribution in [0.3, 0.4) is 0 Å². The highest BCUT2D eigenvalue weighted by Crippen LogP contribution is 2.22. The zero-order valence-corrected chi connectivity index (χ0v) is 12.5. The molecule has 1 aromatic carbocycles. The molecule has 0 radical (unpaired) electrons. The first-order chi connectivity index (χ1) is 10.7. The summed E-state index contributed by atoms with van der Waals surface area (Å²) in [5.41, 5.74) is 0.203.